The molecule has 2 rings (SSSR count). The van der Waals surface area contributed by atoms with Gasteiger partial charge in [-0.3, -0.25) is 0 Å². The maximum atomic E-state index is 13.8. The van der Waals surface area contributed by atoms with Gasteiger partial charge in [0.2, 0.25) is 0 Å². The molecular formula is C16H15FO3. The molecule has 0 fully saturated rings. The van der Waals surface area contributed by atoms with E-state index in [2.05, 4.69) is 0 Å². The number of para-hydroxylation sites is 1. The van der Waals surface area contributed by atoms with Gasteiger partial charge in [0.05, 0.1) is 7.11 Å². The van der Waals surface area contributed by atoms with Crippen LogP contribution in [0.1, 0.15) is 22.8 Å². The minimum absolute atomic E-state index is 0.138. The smallest absolute Gasteiger partial charge is 0.347 e. The van der Waals surface area contributed by atoms with Crippen LogP contribution in [0.15, 0.2) is 42.5 Å². The lowest BCUT2D eigenvalue weighted by Crippen LogP contribution is -2.14. The average Bonchev–Trinajstić information content (AvgIpc) is 2.47. The predicted molar refractivity (Wildman–Crippen MR) is 73.7 cm³/mol. The Kier molecular flexibility index (Phi) is 4.35. The Morgan fingerprint density at radius 3 is 2.45 bits per heavy atom. The third-order valence-corrected chi connectivity index (χ3v) is 2.95. The fourth-order valence-electron chi connectivity index (χ4n) is 1.99. The van der Waals surface area contributed by atoms with Gasteiger partial charge in [-0.05, 0) is 30.7 Å². The molecule has 0 bridgehead atoms. The Morgan fingerprint density at radius 1 is 1.15 bits per heavy atom. The number of benzene rings is 2. The second-order valence-corrected chi connectivity index (χ2v) is 4.16. The monoisotopic (exact) mass is 274 g/mol. The lowest BCUT2D eigenvalue weighted by molar-refractivity contribution is 0.0729. The molecule has 0 spiro atoms. The Morgan fingerprint density at radius 2 is 1.85 bits per heavy atom. The number of esters is 1. The lowest BCUT2D eigenvalue weighted by Gasteiger charge is -2.13. The molecule has 0 aromatic heterocycles. The highest BCUT2D eigenvalue weighted by molar-refractivity contribution is 5.95. The number of halogens is 1. The van der Waals surface area contributed by atoms with E-state index in [1.807, 2.05) is 6.07 Å². The molecule has 0 aliphatic carbocycles. The van der Waals surface area contributed by atoms with Crippen LogP contribution in [0.4, 0.5) is 4.39 Å². The molecular weight excluding hydrogens is 259 g/mol. The summed E-state index contributed by atoms with van der Waals surface area (Å²) in [6.07, 6.45) is 0.377. The van der Waals surface area contributed by atoms with Crippen molar-refractivity contribution in [2.45, 2.75) is 13.3 Å². The molecule has 2 aromatic rings. The molecule has 3 nitrogen and oxygen atoms in total. The van der Waals surface area contributed by atoms with Crippen molar-refractivity contribution in [3.8, 4) is 11.5 Å². The van der Waals surface area contributed by atoms with E-state index in [1.165, 1.54) is 19.2 Å². The van der Waals surface area contributed by atoms with E-state index in [0.29, 0.717) is 23.5 Å². The van der Waals surface area contributed by atoms with Gasteiger partial charge in [0.15, 0.2) is 0 Å². The average molecular weight is 274 g/mol. The topological polar surface area (TPSA) is 35.5 Å². The van der Waals surface area contributed by atoms with Crippen LogP contribution in [-0.4, -0.2) is 13.1 Å². The molecule has 0 saturated carbocycles. The Hall–Kier alpha value is -2.36. The minimum Gasteiger partial charge on any atom is -0.496 e. The molecule has 0 N–H and O–H groups in total. The van der Waals surface area contributed by atoms with Crippen molar-refractivity contribution in [3.63, 3.8) is 0 Å². The fourth-order valence-corrected chi connectivity index (χ4v) is 1.99. The van der Waals surface area contributed by atoms with Crippen LogP contribution >= 0.6 is 0 Å². The molecule has 0 heterocycles. The van der Waals surface area contributed by atoms with Gasteiger partial charge in [0.1, 0.15) is 22.9 Å². The summed E-state index contributed by atoms with van der Waals surface area (Å²) in [6.45, 7) is 1.77. The molecule has 0 unspecified atom stereocenters. The van der Waals surface area contributed by atoms with Gasteiger partial charge in [-0.15, -0.1) is 0 Å². The first kappa shape index (κ1) is 14.1. The SMILES string of the molecule is CCc1c(F)ccc(OC)c1C(=O)Oc1ccccc1. The third kappa shape index (κ3) is 2.79. The Bertz CT molecular complexity index is 609. The van der Waals surface area contributed by atoms with Crippen molar-refractivity contribution in [2.75, 3.05) is 7.11 Å². The lowest BCUT2D eigenvalue weighted by atomic mass is 10.0. The summed E-state index contributed by atoms with van der Waals surface area (Å²) in [5.41, 5.74) is 0.434. The number of hydrogen-bond acceptors (Lipinski definition) is 3. The van der Waals surface area contributed by atoms with Gasteiger partial charge in [0, 0.05) is 5.56 Å². The number of carbonyl (C=O) groups is 1. The van der Waals surface area contributed by atoms with Gasteiger partial charge in [-0.25, -0.2) is 9.18 Å². The number of methoxy groups -OCH3 is 1. The molecule has 0 aliphatic heterocycles. The quantitative estimate of drug-likeness (QED) is 0.631. The van der Waals surface area contributed by atoms with Crippen molar-refractivity contribution in [2.24, 2.45) is 0 Å². The molecule has 0 saturated heterocycles. The van der Waals surface area contributed by atoms with Gasteiger partial charge in [-0.1, -0.05) is 25.1 Å². The molecule has 104 valence electrons. The van der Waals surface area contributed by atoms with E-state index >= 15 is 0 Å². The van der Waals surface area contributed by atoms with Crippen molar-refractivity contribution in [3.05, 3.63) is 59.4 Å². The van der Waals surface area contributed by atoms with Gasteiger partial charge in [-0.2, -0.15) is 0 Å². The van der Waals surface area contributed by atoms with Gasteiger partial charge < -0.3 is 9.47 Å². The van der Waals surface area contributed by atoms with Gasteiger partial charge >= 0.3 is 5.97 Å². The predicted octanol–water partition coefficient (Wildman–Crippen LogP) is 3.62. The maximum Gasteiger partial charge on any atom is 0.347 e. The first-order valence-corrected chi connectivity index (χ1v) is 6.30. The highest BCUT2D eigenvalue weighted by Gasteiger charge is 2.21. The second kappa shape index (κ2) is 6.19. The van der Waals surface area contributed by atoms with E-state index < -0.39 is 11.8 Å². The first-order valence-electron chi connectivity index (χ1n) is 6.30. The summed E-state index contributed by atoms with van der Waals surface area (Å²) in [5, 5.41) is 0. The first-order chi connectivity index (χ1) is 9.67. The summed E-state index contributed by atoms with van der Waals surface area (Å²) in [7, 11) is 1.44. The van der Waals surface area contributed by atoms with E-state index in [9.17, 15) is 9.18 Å². The van der Waals surface area contributed by atoms with Crippen LogP contribution in [0.3, 0.4) is 0 Å². The highest BCUT2D eigenvalue weighted by atomic mass is 19.1. The van der Waals surface area contributed by atoms with E-state index in [1.54, 1.807) is 31.2 Å². The molecule has 2 aromatic carbocycles. The number of hydrogen-bond donors (Lipinski definition) is 0. The van der Waals surface area contributed by atoms with E-state index in [4.69, 9.17) is 9.47 Å². The third-order valence-electron chi connectivity index (χ3n) is 2.95. The number of carbonyl (C=O) groups excluding carboxylic acids is 1. The van der Waals surface area contributed by atoms with Crippen LogP contribution in [0.25, 0.3) is 0 Å². The molecule has 0 amide bonds. The zero-order chi connectivity index (χ0) is 14.5. The van der Waals surface area contributed by atoms with E-state index in [-0.39, 0.29) is 5.56 Å². The maximum absolute atomic E-state index is 13.8. The van der Waals surface area contributed by atoms with Crippen molar-refractivity contribution < 1.29 is 18.7 Å². The van der Waals surface area contributed by atoms with Crippen LogP contribution in [0, 0.1) is 5.82 Å². The Balaban J connectivity index is 2.40. The summed E-state index contributed by atoms with van der Waals surface area (Å²) in [5.74, 6) is -0.340. The van der Waals surface area contributed by atoms with Crippen LogP contribution in [0.5, 0.6) is 11.5 Å². The van der Waals surface area contributed by atoms with Crippen molar-refractivity contribution >= 4 is 5.97 Å². The summed E-state index contributed by atoms with van der Waals surface area (Å²) < 4.78 is 24.2. The van der Waals surface area contributed by atoms with Crippen molar-refractivity contribution in [1.82, 2.24) is 0 Å². The fraction of sp³-hybridized carbons (Fsp3) is 0.188. The molecule has 0 radical (unpaired) electrons. The zero-order valence-corrected chi connectivity index (χ0v) is 11.4. The standard InChI is InChI=1S/C16H15FO3/c1-3-12-13(17)9-10-14(19-2)15(12)16(18)20-11-7-5-4-6-8-11/h4-10H,3H2,1-2H3. The van der Waals surface area contributed by atoms with Crippen LogP contribution in [0.2, 0.25) is 0 Å². The second-order valence-electron chi connectivity index (χ2n) is 4.16. The Labute approximate surface area is 117 Å². The summed E-state index contributed by atoms with van der Waals surface area (Å²) >= 11 is 0. The molecule has 0 atom stereocenters. The summed E-state index contributed by atoms with van der Waals surface area (Å²) in [4.78, 5) is 12.3. The molecule has 0 aliphatic rings. The van der Waals surface area contributed by atoms with E-state index in [0.717, 1.165) is 0 Å². The molecule has 4 heteroatoms. The number of ether oxygens (including phenoxy) is 2. The largest absolute Gasteiger partial charge is 0.496 e. The highest BCUT2D eigenvalue weighted by Crippen LogP contribution is 2.27. The van der Waals surface area contributed by atoms with Gasteiger partial charge in [0.25, 0.3) is 0 Å². The van der Waals surface area contributed by atoms with Crippen LogP contribution < -0.4 is 9.47 Å². The minimum atomic E-state index is -0.621. The molecule has 20 heavy (non-hydrogen) atoms. The van der Waals surface area contributed by atoms with Crippen LogP contribution in [-0.2, 0) is 6.42 Å². The normalized spacial score (nSPS) is 10.2. The summed E-state index contributed by atoms with van der Waals surface area (Å²) in [6, 6.07) is 11.4. The number of rotatable bonds is 4. The zero-order valence-electron chi connectivity index (χ0n) is 11.4. The van der Waals surface area contributed by atoms with Crippen molar-refractivity contribution in [1.29, 1.82) is 0 Å².